The van der Waals surface area contributed by atoms with Gasteiger partial charge in [0.2, 0.25) is 0 Å². The lowest BCUT2D eigenvalue weighted by molar-refractivity contribution is 0.184. The SMILES string of the molecule is CCC(Oc1ccccc1)c1nc2ccccc2n1CCOc1ccc(C)cc1C. The molecule has 0 radical (unpaired) electrons. The molecular formula is C26H28N2O2. The molecule has 4 rings (SSSR count). The van der Waals surface area contributed by atoms with Crippen molar-refractivity contribution < 1.29 is 9.47 Å². The molecule has 0 bridgehead atoms. The van der Waals surface area contributed by atoms with Gasteiger partial charge in [0.05, 0.1) is 17.6 Å². The molecule has 1 aromatic heterocycles. The fraction of sp³-hybridized carbons (Fsp3) is 0.269. The summed E-state index contributed by atoms with van der Waals surface area (Å²) in [5, 5.41) is 0. The number of fused-ring (bicyclic) bond motifs is 1. The minimum Gasteiger partial charge on any atom is -0.491 e. The number of para-hydroxylation sites is 3. The maximum atomic E-state index is 6.29. The quantitative estimate of drug-likeness (QED) is 0.350. The van der Waals surface area contributed by atoms with Gasteiger partial charge in [-0.3, -0.25) is 0 Å². The van der Waals surface area contributed by atoms with Gasteiger partial charge in [-0.25, -0.2) is 4.98 Å². The highest BCUT2D eigenvalue weighted by atomic mass is 16.5. The molecule has 30 heavy (non-hydrogen) atoms. The maximum Gasteiger partial charge on any atom is 0.156 e. The Kier molecular flexibility index (Phi) is 6.03. The van der Waals surface area contributed by atoms with Crippen molar-refractivity contribution in [3.63, 3.8) is 0 Å². The first-order chi connectivity index (χ1) is 14.7. The third-order valence-corrected chi connectivity index (χ3v) is 5.27. The maximum absolute atomic E-state index is 6.29. The molecule has 0 saturated heterocycles. The minimum atomic E-state index is -0.124. The molecule has 4 aromatic rings. The van der Waals surface area contributed by atoms with Gasteiger partial charge in [-0.15, -0.1) is 0 Å². The monoisotopic (exact) mass is 400 g/mol. The van der Waals surface area contributed by atoms with Gasteiger partial charge in [-0.2, -0.15) is 0 Å². The van der Waals surface area contributed by atoms with Crippen LogP contribution in [-0.4, -0.2) is 16.2 Å². The Morgan fingerprint density at radius 2 is 1.70 bits per heavy atom. The van der Waals surface area contributed by atoms with Crippen molar-refractivity contribution in [3.8, 4) is 11.5 Å². The van der Waals surface area contributed by atoms with Gasteiger partial charge in [0, 0.05) is 0 Å². The molecule has 154 valence electrons. The van der Waals surface area contributed by atoms with E-state index >= 15 is 0 Å². The normalized spacial score (nSPS) is 12.1. The van der Waals surface area contributed by atoms with Gasteiger partial charge in [-0.05, 0) is 56.2 Å². The minimum absolute atomic E-state index is 0.124. The Bertz CT molecular complexity index is 1120. The average Bonchev–Trinajstić information content (AvgIpc) is 3.13. The van der Waals surface area contributed by atoms with E-state index < -0.39 is 0 Å². The zero-order valence-corrected chi connectivity index (χ0v) is 17.8. The second-order valence-corrected chi connectivity index (χ2v) is 7.56. The van der Waals surface area contributed by atoms with Gasteiger partial charge >= 0.3 is 0 Å². The smallest absolute Gasteiger partial charge is 0.156 e. The van der Waals surface area contributed by atoms with E-state index in [1.807, 2.05) is 48.5 Å². The van der Waals surface area contributed by atoms with E-state index in [4.69, 9.17) is 14.5 Å². The number of hydrogen-bond donors (Lipinski definition) is 0. The van der Waals surface area contributed by atoms with E-state index in [0.29, 0.717) is 13.2 Å². The molecule has 1 unspecified atom stereocenters. The Morgan fingerprint density at radius 3 is 2.47 bits per heavy atom. The second-order valence-electron chi connectivity index (χ2n) is 7.56. The Labute approximate surface area is 178 Å². The van der Waals surface area contributed by atoms with E-state index in [1.54, 1.807) is 0 Å². The van der Waals surface area contributed by atoms with Crippen molar-refractivity contribution in [3.05, 3.63) is 89.7 Å². The molecule has 0 aliphatic carbocycles. The Balaban J connectivity index is 1.59. The molecule has 4 heteroatoms. The summed E-state index contributed by atoms with van der Waals surface area (Å²) < 4.78 is 14.6. The van der Waals surface area contributed by atoms with Crippen LogP contribution in [0.4, 0.5) is 0 Å². The number of hydrogen-bond acceptors (Lipinski definition) is 3. The molecule has 0 saturated carbocycles. The van der Waals surface area contributed by atoms with Crippen molar-refractivity contribution in [2.75, 3.05) is 6.61 Å². The third kappa shape index (κ3) is 4.33. The van der Waals surface area contributed by atoms with Crippen molar-refractivity contribution in [1.29, 1.82) is 0 Å². The topological polar surface area (TPSA) is 36.3 Å². The van der Waals surface area contributed by atoms with Crippen LogP contribution >= 0.6 is 0 Å². The first-order valence-electron chi connectivity index (χ1n) is 10.5. The molecule has 0 amide bonds. The molecule has 0 fully saturated rings. The van der Waals surface area contributed by atoms with Gasteiger partial charge in [0.25, 0.3) is 0 Å². The van der Waals surface area contributed by atoms with Crippen molar-refractivity contribution >= 4 is 11.0 Å². The Morgan fingerprint density at radius 1 is 0.933 bits per heavy atom. The van der Waals surface area contributed by atoms with Crippen LogP contribution in [0.25, 0.3) is 11.0 Å². The van der Waals surface area contributed by atoms with Crippen molar-refractivity contribution in [2.24, 2.45) is 0 Å². The fourth-order valence-electron chi connectivity index (χ4n) is 3.77. The molecule has 1 heterocycles. The molecule has 0 spiro atoms. The fourth-order valence-corrected chi connectivity index (χ4v) is 3.77. The molecule has 3 aromatic carbocycles. The number of ether oxygens (including phenoxy) is 2. The van der Waals surface area contributed by atoms with Gasteiger partial charge < -0.3 is 14.0 Å². The summed E-state index contributed by atoms with van der Waals surface area (Å²) >= 11 is 0. The Hall–Kier alpha value is -3.27. The standard InChI is InChI=1S/C26H28N2O2/c1-4-24(30-21-10-6-5-7-11-21)26-27-22-12-8-9-13-23(22)28(26)16-17-29-25-15-14-19(2)18-20(25)3/h5-15,18,24H,4,16-17H2,1-3H3. The summed E-state index contributed by atoms with van der Waals surface area (Å²) in [7, 11) is 0. The van der Waals surface area contributed by atoms with Crippen LogP contribution in [-0.2, 0) is 6.54 Å². The summed E-state index contributed by atoms with van der Waals surface area (Å²) in [6.07, 6.45) is 0.705. The molecule has 0 aliphatic heterocycles. The summed E-state index contributed by atoms with van der Waals surface area (Å²) in [4.78, 5) is 4.92. The highest BCUT2D eigenvalue weighted by Gasteiger charge is 2.20. The van der Waals surface area contributed by atoms with Gasteiger partial charge in [0.1, 0.15) is 18.1 Å². The van der Waals surface area contributed by atoms with E-state index in [-0.39, 0.29) is 6.10 Å². The average molecular weight is 401 g/mol. The van der Waals surface area contributed by atoms with Crippen LogP contribution in [0.15, 0.2) is 72.8 Å². The van der Waals surface area contributed by atoms with Crippen LogP contribution in [0, 0.1) is 13.8 Å². The first-order valence-corrected chi connectivity index (χ1v) is 10.5. The summed E-state index contributed by atoms with van der Waals surface area (Å²) in [5.74, 6) is 2.72. The van der Waals surface area contributed by atoms with Crippen LogP contribution in [0.5, 0.6) is 11.5 Å². The lowest BCUT2D eigenvalue weighted by Gasteiger charge is -2.19. The van der Waals surface area contributed by atoms with Crippen molar-refractivity contribution in [2.45, 2.75) is 39.8 Å². The lowest BCUT2D eigenvalue weighted by atomic mass is 10.1. The van der Waals surface area contributed by atoms with E-state index in [0.717, 1.165) is 40.3 Å². The predicted octanol–water partition coefficient (Wildman–Crippen LogP) is 6.26. The van der Waals surface area contributed by atoms with Crippen molar-refractivity contribution in [1.82, 2.24) is 9.55 Å². The van der Waals surface area contributed by atoms with Gasteiger partial charge in [-0.1, -0.05) is 55.0 Å². The summed E-state index contributed by atoms with van der Waals surface area (Å²) in [6, 6.07) is 24.5. The number of benzene rings is 3. The lowest BCUT2D eigenvalue weighted by Crippen LogP contribution is -2.17. The summed E-state index contributed by atoms with van der Waals surface area (Å²) in [5.41, 5.74) is 4.48. The second kappa shape index (κ2) is 9.04. The number of aryl methyl sites for hydroxylation is 2. The summed E-state index contributed by atoms with van der Waals surface area (Å²) in [6.45, 7) is 7.58. The third-order valence-electron chi connectivity index (χ3n) is 5.27. The molecule has 4 nitrogen and oxygen atoms in total. The predicted molar refractivity (Wildman–Crippen MR) is 121 cm³/mol. The number of nitrogens with zero attached hydrogens (tertiary/aromatic N) is 2. The van der Waals surface area contributed by atoms with Crippen LogP contribution in [0.3, 0.4) is 0 Å². The van der Waals surface area contributed by atoms with Crippen LogP contribution in [0.1, 0.15) is 36.4 Å². The van der Waals surface area contributed by atoms with E-state index in [1.165, 1.54) is 5.56 Å². The van der Waals surface area contributed by atoms with Crippen LogP contribution in [0.2, 0.25) is 0 Å². The molecule has 0 N–H and O–H groups in total. The van der Waals surface area contributed by atoms with Gasteiger partial charge in [0.15, 0.2) is 11.9 Å². The largest absolute Gasteiger partial charge is 0.491 e. The molecule has 1 atom stereocenters. The highest BCUT2D eigenvalue weighted by molar-refractivity contribution is 5.76. The number of aromatic nitrogens is 2. The van der Waals surface area contributed by atoms with E-state index in [2.05, 4.69) is 49.6 Å². The zero-order valence-electron chi connectivity index (χ0n) is 17.8. The number of rotatable bonds is 8. The van der Waals surface area contributed by atoms with Crippen LogP contribution < -0.4 is 9.47 Å². The zero-order chi connectivity index (χ0) is 20.9. The molecular weight excluding hydrogens is 372 g/mol. The molecule has 0 aliphatic rings. The first kappa shape index (κ1) is 20.0. The van der Waals surface area contributed by atoms with E-state index in [9.17, 15) is 0 Å². The highest BCUT2D eigenvalue weighted by Crippen LogP contribution is 2.28. The number of imidazole rings is 1.